The highest BCUT2D eigenvalue weighted by Crippen LogP contribution is 2.30. The van der Waals surface area contributed by atoms with E-state index < -0.39 is 36.4 Å². The molecule has 2 rings (SSSR count). The molecule has 0 radical (unpaired) electrons. The first-order valence-electron chi connectivity index (χ1n) is 5.94. The predicted octanol–water partition coefficient (Wildman–Crippen LogP) is -0.326. The smallest absolute Gasteiger partial charge is 0.377 e. The summed E-state index contributed by atoms with van der Waals surface area (Å²) in [7, 11) is 1.38. The van der Waals surface area contributed by atoms with Crippen LogP contribution in [-0.4, -0.2) is 54.3 Å². The highest BCUT2D eigenvalue weighted by atomic mass is 19.3. The zero-order valence-electron chi connectivity index (χ0n) is 10.3. The van der Waals surface area contributed by atoms with Crippen LogP contribution in [0.4, 0.5) is 8.78 Å². The number of carbonyl (C=O) groups is 3. The second-order valence-electron chi connectivity index (χ2n) is 4.73. The van der Waals surface area contributed by atoms with Crippen LogP contribution in [0.2, 0.25) is 0 Å². The molecular formula is C11H14F2N2O4. The minimum atomic E-state index is -3.45. The number of rotatable bonds is 3. The lowest BCUT2D eigenvalue weighted by Crippen LogP contribution is -2.52. The van der Waals surface area contributed by atoms with Crippen LogP contribution in [0.3, 0.4) is 0 Å². The van der Waals surface area contributed by atoms with Gasteiger partial charge in [-0.05, 0) is 6.42 Å². The number of nitrogens with zero attached hydrogens (tertiary/aromatic N) is 1. The Balaban J connectivity index is 1.85. The first-order chi connectivity index (χ1) is 8.81. The third kappa shape index (κ3) is 2.73. The summed E-state index contributed by atoms with van der Waals surface area (Å²) in [6.07, 6.45) is -1.09. The molecule has 0 aromatic rings. The number of esters is 1. The fraction of sp³-hybridized carbons (Fsp3) is 0.727. The molecule has 0 aromatic heterocycles. The van der Waals surface area contributed by atoms with E-state index in [-0.39, 0.29) is 18.9 Å². The normalized spacial score (nSPS) is 30.7. The summed E-state index contributed by atoms with van der Waals surface area (Å²) in [5.41, 5.74) is 0. The maximum absolute atomic E-state index is 12.9. The Bertz CT molecular complexity index is 427. The van der Waals surface area contributed by atoms with Gasteiger partial charge in [0.25, 0.3) is 0 Å². The van der Waals surface area contributed by atoms with Crippen LogP contribution in [0.1, 0.15) is 19.3 Å². The lowest BCUT2D eigenvalue weighted by atomic mass is 10.0. The molecule has 0 aliphatic carbocycles. The molecule has 2 atom stereocenters. The van der Waals surface area contributed by atoms with E-state index in [1.165, 1.54) is 7.05 Å². The maximum Gasteiger partial charge on any atom is 0.377 e. The number of alkyl halides is 2. The summed E-state index contributed by atoms with van der Waals surface area (Å²) < 4.78 is 30.4. The number of ether oxygens (including phenoxy) is 1. The van der Waals surface area contributed by atoms with Crippen molar-refractivity contribution in [1.82, 2.24) is 10.2 Å². The quantitative estimate of drug-likeness (QED) is 0.564. The average Bonchev–Trinajstić information content (AvgIpc) is 2.59. The van der Waals surface area contributed by atoms with Gasteiger partial charge < -0.3 is 10.1 Å². The molecule has 2 fully saturated rings. The number of nitrogens with one attached hydrogen (secondary N) is 1. The molecule has 19 heavy (non-hydrogen) atoms. The highest BCUT2D eigenvalue weighted by molar-refractivity contribution is 6.00. The van der Waals surface area contributed by atoms with Gasteiger partial charge in [-0.2, -0.15) is 8.78 Å². The van der Waals surface area contributed by atoms with Crippen LogP contribution >= 0.6 is 0 Å². The summed E-state index contributed by atoms with van der Waals surface area (Å²) in [4.78, 5) is 34.8. The number of carbonyl (C=O) groups excluding carboxylic acids is 3. The third-order valence-electron chi connectivity index (χ3n) is 3.30. The highest BCUT2D eigenvalue weighted by Gasteiger charge is 2.50. The first kappa shape index (κ1) is 13.9. The van der Waals surface area contributed by atoms with Gasteiger partial charge in [-0.25, -0.2) is 4.79 Å². The van der Waals surface area contributed by atoms with Gasteiger partial charge in [0.2, 0.25) is 11.8 Å². The van der Waals surface area contributed by atoms with Gasteiger partial charge in [0.15, 0.2) is 0 Å². The van der Waals surface area contributed by atoms with Gasteiger partial charge in [0.1, 0.15) is 6.10 Å². The van der Waals surface area contributed by atoms with Gasteiger partial charge >= 0.3 is 11.9 Å². The van der Waals surface area contributed by atoms with Gasteiger partial charge in [-0.15, -0.1) is 0 Å². The van der Waals surface area contributed by atoms with Crippen LogP contribution in [0.25, 0.3) is 0 Å². The molecule has 2 saturated heterocycles. The summed E-state index contributed by atoms with van der Waals surface area (Å²) >= 11 is 0. The summed E-state index contributed by atoms with van der Waals surface area (Å²) in [5.74, 6) is -5.63. The molecular weight excluding hydrogens is 262 g/mol. The molecule has 0 bridgehead atoms. The molecule has 2 aliphatic heterocycles. The summed E-state index contributed by atoms with van der Waals surface area (Å²) in [5, 5.41) is 2.77. The van der Waals surface area contributed by atoms with Crippen LogP contribution < -0.4 is 5.32 Å². The van der Waals surface area contributed by atoms with E-state index in [1.807, 2.05) is 0 Å². The Morgan fingerprint density at radius 1 is 1.42 bits per heavy atom. The molecule has 0 aromatic carbocycles. The van der Waals surface area contributed by atoms with Crippen molar-refractivity contribution in [2.75, 3.05) is 13.6 Å². The van der Waals surface area contributed by atoms with E-state index in [0.717, 1.165) is 4.90 Å². The van der Waals surface area contributed by atoms with E-state index in [0.29, 0.717) is 6.42 Å². The minimum absolute atomic E-state index is 0.0280. The maximum atomic E-state index is 12.9. The van der Waals surface area contributed by atoms with Crippen LogP contribution in [0, 0.1) is 0 Å². The lowest BCUT2D eigenvalue weighted by molar-refractivity contribution is -0.159. The molecule has 6 nitrogen and oxygen atoms in total. The van der Waals surface area contributed by atoms with Crippen LogP contribution in [-0.2, 0) is 19.1 Å². The van der Waals surface area contributed by atoms with Gasteiger partial charge in [-0.3, -0.25) is 14.5 Å². The van der Waals surface area contributed by atoms with E-state index >= 15 is 0 Å². The van der Waals surface area contributed by atoms with Gasteiger partial charge in [0, 0.05) is 20.0 Å². The molecule has 2 heterocycles. The number of hydrogen-bond acceptors (Lipinski definition) is 5. The van der Waals surface area contributed by atoms with Crippen molar-refractivity contribution in [1.29, 1.82) is 0 Å². The Morgan fingerprint density at radius 3 is 2.68 bits per heavy atom. The van der Waals surface area contributed by atoms with Crippen molar-refractivity contribution in [2.24, 2.45) is 0 Å². The second kappa shape index (κ2) is 4.84. The number of imide groups is 1. The standard InChI is InChI=1S/C11H14F2N2O4/c1-15-8(16)3-2-7(9(15)17)14-5-6-4-11(12,13)10(18)19-6/h6-7,14H,2-5H2,1H3. The monoisotopic (exact) mass is 276 g/mol. The van der Waals surface area contributed by atoms with Crippen molar-refractivity contribution in [3.8, 4) is 0 Å². The molecule has 0 spiro atoms. The molecule has 2 aliphatic rings. The number of likely N-dealkylation sites (N-methyl/N-ethyl adjacent to an activating group) is 1. The lowest BCUT2D eigenvalue weighted by Gasteiger charge is -2.28. The molecule has 8 heteroatoms. The predicted molar refractivity (Wildman–Crippen MR) is 58.2 cm³/mol. The zero-order valence-corrected chi connectivity index (χ0v) is 10.3. The summed E-state index contributed by atoms with van der Waals surface area (Å²) in [6, 6.07) is -0.601. The van der Waals surface area contributed by atoms with E-state index in [1.54, 1.807) is 0 Å². The van der Waals surface area contributed by atoms with Crippen molar-refractivity contribution >= 4 is 17.8 Å². The molecule has 2 amide bonds. The SMILES string of the molecule is CN1C(=O)CCC(NCC2CC(F)(F)C(=O)O2)C1=O. The zero-order chi connectivity index (χ0) is 14.2. The Kier molecular flexibility index (Phi) is 3.53. The number of hydrogen-bond donors (Lipinski definition) is 1. The van der Waals surface area contributed by atoms with Crippen molar-refractivity contribution in [2.45, 2.75) is 37.3 Å². The number of halogens is 2. The second-order valence-corrected chi connectivity index (χ2v) is 4.73. The molecule has 0 saturated carbocycles. The largest absolute Gasteiger partial charge is 0.456 e. The van der Waals surface area contributed by atoms with E-state index in [2.05, 4.69) is 10.1 Å². The molecule has 1 N–H and O–H groups in total. The van der Waals surface area contributed by atoms with Gasteiger partial charge in [-0.1, -0.05) is 0 Å². The van der Waals surface area contributed by atoms with E-state index in [9.17, 15) is 23.2 Å². The van der Waals surface area contributed by atoms with Crippen molar-refractivity contribution in [3.63, 3.8) is 0 Å². The molecule has 2 unspecified atom stereocenters. The number of piperidine rings is 1. The average molecular weight is 276 g/mol. The fourth-order valence-electron chi connectivity index (χ4n) is 2.14. The summed E-state index contributed by atoms with van der Waals surface area (Å²) in [6.45, 7) is -0.0280. The van der Waals surface area contributed by atoms with Crippen molar-refractivity contribution < 1.29 is 27.9 Å². The number of amides is 2. The Morgan fingerprint density at radius 2 is 2.11 bits per heavy atom. The van der Waals surface area contributed by atoms with Gasteiger partial charge in [0.05, 0.1) is 12.5 Å². The van der Waals surface area contributed by atoms with E-state index in [4.69, 9.17) is 0 Å². The van der Waals surface area contributed by atoms with Crippen LogP contribution in [0.5, 0.6) is 0 Å². The van der Waals surface area contributed by atoms with Crippen molar-refractivity contribution in [3.05, 3.63) is 0 Å². The fourth-order valence-corrected chi connectivity index (χ4v) is 2.14. The topological polar surface area (TPSA) is 75.7 Å². The minimum Gasteiger partial charge on any atom is -0.456 e. The Hall–Kier alpha value is -1.57. The Labute approximate surface area is 108 Å². The number of cyclic esters (lactones) is 1. The van der Waals surface area contributed by atoms with Crippen LogP contribution in [0.15, 0.2) is 0 Å². The third-order valence-corrected chi connectivity index (χ3v) is 3.30. The number of likely N-dealkylation sites (tertiary alicyclic amines) is 1. The molecule has 106 valence electrons. The first-order valence-corrected chi connectivity index (χ1v) is 5.94.